The molecule has 22 heavy (non-hydrogen) atoms. The molecule has 0 atom stereocenters. The van der Waals surface area contributed by atoms with Crippen LogP contribution in [-0.2, 0) is 20.7 Å². The summed E-state index contributed by atoms with van der Waals surface area (Å²) in [5, 5.41) is 0. The van der Waals surface area contributed by atoms with E-state index in [0.717, 1.165) is 12.1 Å². The molecule has 3 aliphatic rings. The first-order valence-electron chi connectivity index (χ1n) is 7.99. The van der Waals surface area contributed by atoms with Crippen LogP contribution in [0.25, 0.3) is 0 Å². The van der Waals surface area contributed by atoms with Gasteiger partial charge in [0.1, 0.15) is 5.41 Å². The van der Waals surface area contributed by atoms with E-state index in [1.165, 1.54) is 5.56 Å². The number of carbonyl (C=O) groups is 2. The van der Waals surface area contributed by atoms with Crippen molar-refractivity contribution in [2.45, 2.75) is 19.3 Å². The van der Waals surface area contributed by atoms with Gasteiger partial charge in [0.25, 0.3) is 0 Å². The van der Waals surface area contributed by atoms with Crippen molar-refractivity contribution >= 4 is 17.5 Å². The van der Waals surface area contributed by atoms with Gasteiger partial charge >= 0.3 is 0 Å². The molecule has 0 aromatic heterocycles. The van der Waals surface area contributed by atoms with E-state index in [9.17, 15) is 9.59 Å². The van der Waals surface area contributed by atoms with Crippen molar-refractivity contribution in [3.05, 3.63) is 29.8 Å². The molecule has 5 nitrogen and oxygen atoms in total. The second kappa shape index (κ2) is 5.09. The second-order valence-corrected chi connectivity index (χ2v) is 6.32. The van der Waals surface area contributed by atoms with Gasteiger partial charge < -0.3 is 14.5 Å². The quantitative estimate of drug-likeness (QED) is 0.772. The number of anilines is 1. The molecule has 1 aliphatic carbocycles. The number of fused-ring (bicyclic) bond motifs is 1. The average Bonchev–Trinajstić information content (AvgIpc) is 3.28. The summed E-state index contributed by atoms with van der Waals surface area (Å²) in [6, 6.07) is 7.99. The standard InChI is InChI=1S/C17H20N2O3/c20-15(18-9-11-22-12-10-18)17(6-7-17)16(21)19-8-5-13-3-1-2-4-14(13)19/h1-4H,5-12H2. The molecule has 116 valence electrons. The van der Waals surface area contributed by atoms with Crippen LogP contribution in [-0.4, -0.2) is 49.6 Å². The Morgan fingerprint density at radius 3 is 2.45 bits per heavy atom. The van der Waals surface area contributed by atoms with E-state index in [2.05, 4.69) is 6.07 Å². The van der Waals surface area contributed by atoms with E-state index in [1.54, 1.807) is 4.90 Å². The maximum Gasteiger partial charge on any atom is 0.242 e. The van der Waals surface area contributed by atoms with E-state index in [1.807, 2.05) is 23.1 Å². The van der Waals surface area contributed by atoms with Crippen LogP contribution in [0.3, 0.4) is 0 Å². The lowest BCUT2D eigenvalue weighted by Gasteiger charge is -2.31. The van der Waals surface area contributed by atoms with Gasteiger partial charge in [-0.25, -0.2) is 0 Å². The van der Waals surface area contributed by atoms with Crippen molar-refractivity contribution in [3.8, 4) is 0 Å². The first kappa shape index (κ1) is 13.8. The van der Waals surface area contributed by atoms with Crippen LogP contribution in [0.15, 0.2) is 24.3 Å². The Morgan fingerprint density at radius 2 is 1.73 bits per heavy atom. The molecule has 1 aromatic carbocycles. The molecule has 0 spiro atoms. The summed E-state index contributed by atoms with van der Waals surface area (Å²) >= 11 is 0. The molecule has 1 aromatic rings. The van der Waals surface area contributed by atoms with Crippen molar-refractivity contribution in [1.29, 1.82) is 0 Å². The number of ether oxygens (including phenoxy) is 1. The number of hydrogen-bond acceptors (Lipinski definition) is 3. The molecule has 1 saturated carbocycles. The van der Waals surface area contributed by atoms with Gasteiger partial charge in [-0.15, -0.1) is 0 Å². The van der Waals surface area contributed by atoms with Crippen LogP contribution in [0.1, 0.15) is 18.4 Å². The monoisotopic (exact) mass is 300 g/mol. The first-order chi connectivity index (χ1) is 10.7. The van der Waals surface area contributed by atoms with Gasteiger partial charge in [-0.3, -0.25) is 9.59 Å². The molecule has 0 bridgehead atoms. The van der Waals surface area contributed by atoms with E-state index < -0.39 is 5.41 Å². The zero-order chi connectivity index (χ0) is 15.2. The average molecular weight is 300 g/mol. The minimum Gasteiger partial charge on any atom is -0.378 e. The van der Waals surface area contributed by atoms with Crippen LogP contribution in [0.2, 0.25) is 0 Å². The number of benzene rings is 1. The van der Waals surface area contributed by atoms with Crippen molar-refractivity contribution in [1.82, 2.24) is 4.90 Å². The Balaban J connectivity index is 1.56. The fourth-order valence-electron chi connectivity index (χ4n) is 3.52. The minimum absolute atomic E-state index is 0.00480. The van der Waals surface area contributed by atoms with Gasteiger partial charge in [0.15, 0.2) is 0 Å². The van der Waals surface area contributed by atoms with Gasteiger partial charge in [-0.05, 0) is 30.9 Å². The molecule has 0 unspecified atom stereocenters. The van der Waals surface area contributed by atoms with Crippen LogP contribution in [0, 0.1) is 5.41 Å². The van der Waals surface area contributed by atoms with Crippen LogP contribution in [0.4, 0.5) is 5.69 Å². The number of nitrogens with zero attached hydrogens (tertiary/aromatic N) is 2. The van der Waals surface area contributed by atoms with E-state index in [-0.39, 0.29) is 11.8 Å². The maximum atomic E-state index is 13.0. The third-order valence-electron chi connectivity index (χ3n) is 5.00. The summed E-state index contributed by atoms with van der Waals surface area (Å²) < 4.78 is 5.30. The fourth-order valence-corrected chi connectivity index (χ4v) is 3.52. The highest BCUT2D eigenvalue weighted by molar-refractivity contribution is 6.14. The lowest BCUT2D eigenvalue weighted by molar-refractivity contribution is -0.146. The summed E-state index contributed by atoms with van der Waals surface area (Å²) in [4.78, 5) is 29.5. The topological polar surface area (TPSA) is 49.9 Å². The smallest absolute Gasteiger partial charge is 0.242 e. The van der Waals surface area contributed by atoms with Crippen molar-refractivity contribution < 1.29 is 14.3 Å². The van der Waals surface area contributed by atoms with Crippen molar-refractivity contribution in [2.75, 3.05) is 37.7 Å². The Labute approximate surface area is 129 Å². The van der Waals surface area contributed by atoms with E-state index in [0.29, 0.717) is 45.7 Å². The lowest BCUT2D eigenvalue weighted by atomic mass is 10.0. The van der Waals surface area contributed by atoms with E-state index >= 15 is 0 Å². The predicted molar refractivity (Wildman–Crippen MR) is 81.6 cm³/mol. The molecule has 4 rings (SSSR count). The molecule has 2 heterocycles. The van der Waals surface area contributed by atoms with Gasteiger partial charge in [-0.2, -0.15) is 0 Å². The minimum atomic E-state index is -0.797. The molecule has 2 fully saturated rings. The molecule has 0 N–H and O–H groups in total. The molecule has 1 saturated heterocycles. The number of rotatable bonds is 2. The van der Waals surface area contributed by atoms with Crippen LogP contribution >= 0.6 is 0 Å². The Morgan fingerprint density at radius 1 is 1.00 bits per heavy atom. The van der Waals surface area contributed by atoms with Gasteiger partial charge in [0.05, 0.1) is 13.2 Å². The number of morpholine rings is 1. The molecular weight excluding hydrogens is 280 g/mol. The van der Waals surface area contributed by atoms with Gasteiger partial charge in [0.2, 0.25) is 11.8 Å². The van der Waals surface area contributed by atoms with Crippen LogP contribution in [0.5, 0.6) is 0 Å². The summed E-state index contributed by atoms with van der Waals surface area (Å²) in [6.45, 7) is 3.04. The summed E-state index contributed by atoms with van der Waals surface area (Å²) in [5.74, 6) is -0.000812. The molecular formula is C17H20N2O3. The number of carbonyl (C=O) groups excluding carboxylic acids is 2. The predicted octanol–water partition coefficient (Wildman–Crippen LogP) is 1.21. The van der Waals surface area contributed by atoms with Gasteiger partial charge in [-0.1, -0.05) is 18.2 Å². The molecule has 2 aliphatic heterocycles. The Kier molecular flexibility index (Phi) is 3.18. The number of para-hydroxylation sites is 1. The highest BCUT2D eigenvalue weighted by Crippen LogP contribution is 2.50. The second-order valence-electron chi connectivity index (χ2n) is 6.32. The third kappa shape index (κ3) is 2.03. The summed E-state index contributed by atoms with van der Waals surface area (Å²) in [7, 11) is 0. The first-order valence-corrected chi connectivity index (χ1v) is 7.99. The Bertz CT molecular complexity index is 618. The number of hydrogen-bond donors (Lipinski definition) is 0. The lowest BCUT2D eigenvalue weighted by Crippen LogP contribution is -2.50. The van der Waals surface area contributed by atoms with Crippen LogP contribution < -0.4 is 4.90 Å². The molecule has 5 heteroatoms. The third-order valence-corrected chi connectivity index (χ3v) is 5.00. The SMILES string of the molecule is O=C(N1CCOCC1)C1(C(=O)N2CCc3ccccc32)CC1. The molecule has 0 radical (unpaired) electrons. The normalized spacial score (nSPS) is 22.4. The number of amides is 2. The zero-order valence-electron chi connectivity index (χ0n) is 12.6. The summed E-state index contributed by atoms with van der Waals surface area (Å²) in [6.07, 6.45) is 2.24. The van der Waals surface area contributed by atoms with Gasteiger partial charge in [0, 0.05) is 25.3 Å². The maximum absolute atomic E-state index is 13.0. The largest absolute Gasteiger partial charge is 0.378 e. The van der Waals surface area contributed by atoms with E-state index in [4.69, 9.17) is 4.74 Å². The summed E-state index contributed by atoms with van der Waals surface area (Å²) in [5.41, 5.74) is 1.38. The van der Waals surface area contributed by atoms with Crippen molar-refractivity contribution in [3.63, 3.8) is 0 Å². The zero-order valence-corrected chi connectivity index (χ0v) is 12.6. The fraction of sp³-hybridized carbons (Fsp3) is 0.529. The molecule has 2 amide bonds. The van der Waals surface area contributed by atoms with Crippen molar-refractivity contribution in [2.24, 2.45) is 5.41 Å². The Hall–Kier alpha value is -1.88. The highest BCUT2D eigenvalue weighted by atomic mass is 16.5. The highest BCUT2D eigenvalue weighted by Gasteiger charge is 2.60.